The van der Waals surface area contributed by atoms with Crippen molar-refractivity contribution in [1.29, 1.82) is 0 Å². The molecule has 2 heterocycles. The smallest absolute Gasteiger partial charge is 0.371 e. The number of hydrogen-bond acceptors (Lipinski definition) is 4. The van der Waals surface area contributed by atoms with Crippen LogP contribution in [0.3, 0.4) is 0 Å². The highest BCUT2D eigenvalue weighted by Gasteiger charge is 2.18. The zero-order valence-electron chi connectivity index (χ0n) is 10.6. The third kappa shape index (κ3) is 3.37. The van der Waals surface area contributed by atoms with Crippen molar-refractivity contribution in [3.63, 3.8) is 0 Å². The highest BCUT2D eigenvalue weighted by molar-refractivity contribution is 7.16. The van der Waals surface area contributed by atoms with E-state index in [1.165, 1.54) is 17.4 Å². The van der Waals surface area contributed by atoms with Gasteiger partial charge in [0.2, 0.25) is 5.76 Å². The standard InChI is InChI=1S/C13H14ClNO3S/c1-8(10-4-5-11(18-10)13(16)17)15(2)7-9-3-6-12(14)19-9/h3-6,8H,7H2,1-2H3,(H,16,17). The van der Waals surface area contributed by atoms with Crippen LogP contribution >= 0.6 is 22.9 Å². The van der Waals surface area contributed by atoms with Gasteiger partial charge in [-0.1, -0.05) is 11.6 Å². The number of thiophene rings is 1. The molecule has 6 heteroatoms. The first-order valence-electron chi connectivity index (χ1n) is 5.75. The van der Waals surface area contributed by atoms with Crippen molar-refractivity contribution in [1.82, 2.24) is 4.90 Å². The van der Waals surface area contributed by atoms with Gasteiger partial charge in [-0.2, -0.15) is 0 Å². The molecule has 102 valence electrons. The molecule has 0 saturated carbocycles. The van der Waals surface area contributed by atoms with Crippen LogP contribution in [0.25, 0.3) is 0 Å². The van der Waals surface area contributed by atoms with E-state index in [0.29, 0.717) is 5.76 Å². The Hall–Kier alpha value is -1.30. The average molecular weight is 300 g/mol. The van der Waals surface area contributed by atoms with Crippen LogP contribution in [0, 0.1) is 0 Å². The van der Waals surface area contributed by atoms with Crippen LogP contribution < -0.4 is 0 Å². The third-order valence-corrected chi connectivity index (χ3v) is 4.16. The van der Waals surface area contributed by atoms with Crippen LogP contribution in [0.1, 0.15) is 34.2 Å². The average Bonchev–Trinajstić information content (AvgIpc) is 2.97. The minimum absolute atomic E-state index is 0.00558. The van der Waals surface area contributed by atoms with Crippen LogP contribution in [0.4, 0.5) is 0 Å². The van der Waals surface area contributed by atoms with Crippen LogP contribution in [0.15, 0.2) is 28.7 Å². The Bertz CT molecular complexity index is 578. The first-order chi connectivity index (χ1) is 8.97. The number of furan rings is 1. The van der Waals surface area contributed by atoms with Gasteiger partial charge in [0.1, 0.15) is 5.76 Å². The number of hydrogen-bond donors (Lipinski definition) is 1. The van der Waals surface area contributed by atoms with E-state index in [4.69, 9.17) is 21.1 Å². The topological polar surface area (TPSA) is 53.7 Å². The van der Waals surface area contributed by atoms with Crippen molar-refractivity contribution in [3.8, 4) is 0 Å². The number of carboxylic acids is 1. The van der Waals surface area contributed by atoms with Crippen molar-refractivity contribution in [2.45, 2.75) is 19.5 Å². The number of aromatic carboxylic acids is 1. The van der Waals surface area contributed by atoms with E-state index in [0.717, 1.165) is 15.8 Å². The molecular weight excluding hydrogens is 286 g/mol. The molecule has 2 rings (SSSR count). The van der Waals surface area contributed by atoms with Crippen molar-refractivity contribution in [2.24, 2.45) is 0 Å². The molecule has 0 saturated heterocycles. The van der Waals surface area contributed by atoms with Gasteiger partial charge in [0.15, 0.2) is 0 Å². The lowest BCUT2D eigenvalue weighted by atomic mass is 10.2. The fourth-order valence-electron chi connectivity index (χ4n) is 1.73. The molecule has 0 aromatic carbocycles. The predicted molar refractivity (Wildman–Crippen MR) is 74.9 cm³/mol. The zero-order chi connectivity index (χ0) is 14.0. The molecule has 0 aliphatic heterocycles. The first-order valence-corrected chi connectivity index (χ1v) is 6.94. The fourth-order valence-corrected chi connectivity index (χ4v) is 2.88. The minimum Gasteiger partial charge on any atom is -0.475 e. The van der Waals surface area contributed by atoms with Crippen LogP contribution in [-0.4, -0.2) is 23.0 Å². The molecule has 0 amide bonds. The van der Waals surface area contributed by atoms with Gasteiger partial charge in [-0.05, 0) is 38.2 Å². The summed E-state index contributed by atoms with van der Waals surface area (Å²) in [7, 11) is 1.96. The number of rotatable bonds is 5. The molecular formula is C13H14ClNO3S. The molecule has 2 aromatic heterocycles. The van der Waals surface area contributed by atoms with E-state index in [1.807, 2.05) is 26.1 Å². The van der Waals surface area contributed by atoms with Gasteiger partial charge in [-0.3, -0.25) is 4.90 Å². The maximum absolute atomic E-state index is 10.8. The van der Waals surface area contributed by atoms with E-state index < -0.39 is 5.97 Å². The monoisotopic (exact) mass is 299 g/mol. The molecule has 2 aromatic rings. The molecule has 1 N–H and O–H groups in total. The number of carboxylic acid groups (broad SMARTS) is 1. The summed E-state index contributed by atoms with van der Waals surface area (Å²) in [5, 5.41) is 8.84. The minimum atomic E-state index is -1.05. The van der Waals surface area contributed by atoms with Crippen molar-refractivity contribution >= 4 is 28.9 Å². The Kier molecular flexibility index (Phi) is 4.29. The van der Waals surface area contributed by atoms with Gasteiger partial charge in [0.25, 0.3) is 0 Å². The van der Waals surface area contributed by atoms with Crippen LogP contribution in [-0.2, 0) is 6.54 Å². The molecule has 19 heavy (non-hydrogen) atoms. The fraction of sp³-hybridized carbons (Fsp3) is 0.308. The Balaban J connectivity index is 2.05. The summed E-state index contributed by atoms with van der Waals surface area (Å²) in [6, 6.07) is 7.03. The molecule has 0 fully saturated rings. The van der Waals surface area contributed by atoms with E-state index >= 15 is 0 Å². The molecule has 1 atom stereocenters. The molecule has 0 radical (unpaired) electrons. The molecule has 0 aliphatic carbocycles. The molecule has 0 aliphatic rings. The van der Waals surface area contributed by atoms with E-state index in [-0.39, 0.29) is 11.8 Å². The molecule has 0 spiro atoms. The summed E-state index contributed by atoms with van der Waals surface area (Å²) in [6.45, 7) is 2.71. The summed E-state index contributed by atoms with van der Waals surface area (Å²) in [5.41, 5.74) is 0. The van der Waals surface area contributed by atoms with Crippen molar-refractivity contribution in [3.05, 3.63) is 45.0 Å². The molecule has 4 nitrogen and oxygen atoms in total. The quantitative estimate of drug-likeness (QED) is 0.910. The number of halogens is 1. The van der Waals surface area contributed by atoms with Gasteiger partial charge < -0.3 is 9.52 Å². The number of carbonyl (C=O) groups is 1. The summed E-state index contributed by atoms with van der Waals surface area (Å²) >= 11 is 7.43. The second-order valence-electron chi connectivity index (χ2n) is 4.30. The normalized spacial score (nSPS) is 12.8. The zero-order valence-corrected chi connectivity index (χ0v) is 12.2. The van der Waals surface area contributed by atoms with Crippen LogP contribution in [0.5, 0.6) is 0 Å². The predicted octanol–water partition coefficient (Wildman–Crippen LogP) is 3.89. The largest absolute Gasteiger partial charge is 0.475 e. The second kappa shape index (κ2) is 5.77. The summed E-state index contributed by atoms with van der Waals surface area (Å²) < 4.78 is 6.07. The number of nitrogens with zero attached hydrogens (tertiary/aromatic N) is 1. The Labute approximate surface area is 120 Å². The van der Waals surface area contributed by atoms with E-state index in [2.05, 4.69) is 4.90 Å². The highest BCUT2D eigenvalue weighted by atomic mass is 35.5. The second-order valence-corrected chi connectivity index (χ2v) is 6.10. The summed E-state index contributed by atoms with van der Waals surface area (Å²) in [5.74, 6) is -0.442. The van der Waals surface area contributed by atoms with Crippen LogP contribution in [0.2, 0.25) is 4.34 Å². The Morgan fingerprint density at radius 1 is 1.47 bits per heavy atom. The first kappa shape index (κ1) is 14.1. The molecule has 1 unspecified atom stereocenters. The van der Waals surface area contributed by atoms with Gasteiger partial charge >= 0.3 is 5.97 Å². The summed E-state index contributed by atoms with van der Waals surface area (Å²) in [6.07, 6.45) is 0. The Morgan fingerprint density at radius 2 is 2.21 bits per heavy atom. The maximum Gasteiger partial charge on any atom is 0.371 e. The van der Waals surface area contributed by atoms with Gasteiger partial charge in [0.05, 0.1) is 10.4 Å². The Morgan fingerprint density at radius 3 is 2.74 bits per heavy atom. The lowest BCUT2D eigenvalue weighted by Crippen LogP contribution is -2.21. The lowest BCUT2D eigenvalue weighted by molar-refractivity contribution is 0.0656. The van der Waals surface area contributed by atoms with Gasteiger partial charge in [0, 0.05) is 11.4 Å². The third-order valence-electron chi connectivity index (χ3n) is 2.94. The SMILES string of the molecule is CC(c1ccc(C(=O)O)o1)N(C)Cc1ccc(Cl)s1. The highest BCUT2D eigenvalue weighted by Crippen LogP contribution is 2.27. The molecule has 0 bridgehead atoms. The van der Waals surface area contributed by atoms with Gasteiger partial charge in [-0.25, -0.2) is 4.79 Å². The van der Waals surface area contributed by atoms with Crippen molar-refractivity contribution in [2.75, 3.05) is 7.05 Å². The lowest BCUT2D eigenvalue weighted by Gasteiger charge is -2.22. The van der Waals surface area contributed by atoms with E-state index in [1.54, 1.807) is 6.07 Å². The van der Waals surface area contributed by atoms with E-state index in [9.17, 15) is 4.79 Å². The summed E-state index contributed by atoms with van der Waals surface area (Å²) in [4.78, 5) is 14.0. The maximum atomic E-state index is 10.8. The van der Waals surface area contributed by atoms with Gasteiger partial charge in [-0.15, -0.1) is 11.3 Å². The van der Waals surface area contributed by atoms with Crippen molar-refractivity contribution < 1.29 is 14.3 Å².